The number of para-hydroxylation sites is 2. The zero-order valence-corrected chi connectivity index (χ0v) is 17.5. The van der Waals surface area contributed by atoms with E-state index >= 15 is 0 Å². The van der Waals surface area contributed by atoms with E-state index in [1.807, 2.05) is 29.4 Å². The number of hydrogen-bond acceptors (Lipinski definition) is 3. The predicted molar refractivity (Wildman–Crippen MR) is 116 cm³/mol. The first-order valence-electron chi connectivity index (χ1n) is 10.1. The Balaban J connectivity index is 0.00000256. The molecule has 1 aliphatic rings. The monoisotopic (exact) mass is 438 g/mol. The number of aryl methyl sites for hydroxylation is 1. The zero-order valence-electron chi connectivity index (χ0n) is 16.7. The molecule has 0 bridgehead atoms. The predicted octanol–water partition coefficient (Wildman–Crippen LogP) is 5.08. The van der Waals surface area contributed by atoms with Crippen LogP contribution in [0.4, 0.5) is 18.9 Å². The van der Waals surface area contributed by atoms with Gasteiger partial charge in [0.15, 0.2) is 0 Å². The molecule has 1 aromatic heterocycles. The molecule has 0 unspecified atom stereocenters. The number of aromatic nitrogens is 2. The van der Waals surface area contributed by atoms with Crippen LogP contribution in [0.5, 0.6) is 0 Å². The molecule has 0 amide bonds. The molecule has 3 aromatic rings. The van der Waals surface area contributed by atoms with Crippen molar-refractivity contribution in [3.63, 3.8) is 0 Å². The van der Waals surface area contributed by atoms with Crippen LogP contribution in [0.15, 0.2) is 54.9 Å². The Morgan fingerprint density at radius 1 is 0.867 bits per heavy atom. The largest absolute Gasteiger partial charge is 0.416 e. The van der Waals surface area contributed by atoms with Crippen molar-refractivity contribution < 1.29 is 13.2 Å². The van der Waals surface area contributed by atoms with Gasteiger partial charge in [-0.15, -0.1) is 12.4 Å². The molecule has 1 fully saturated rings. The van der Waals surface area contributed by atoms with Crippen molar-refractivity contribution in [2.45, 2.75) is 25.6 Å². The third kappa shape index (κ3) is 5.26. The molecule has 2 aromatic carbocycles. The molecular weight excluding hydrogens is 413 g/mol. The van der Waals surface area contributed by atoms with Gasteiger partial charge in [-0.3, -0.25) is 4.90 Å². The number of anilines is 1. The Morgan fingerprint density at radius 3 is 2.37 bits per heavy atom. The fourth-order valence-electron chi connectivity index (χ4n) is 3.91. The average Bonchev–Trinajstić information content (AvgIpc) is 3.14. The highest BCUT2D eigenvalue weighted by Gasteiger charge is 2.31. The summed E-state index contributed by atoms with van der Waals surface area (Å²) in [6, 6.07) is 13.8. The molecule has 30 heavy (non-hydrogen) atoms. The van der Waals surface area contributed by atoms with E-state index in [0.717, 1.165) is 63.7 Å². The first-order valence-corrected chi connectivity index (χ1v) is 10.1. The lowest BCUT2D eigenvalue weighted by molar-refractivity contribution is -0.137. The highest BCUT2D eigenvalue weighted by Crippen LogP contribution is 2.31. The second-order valence-electron chi connectivity index (χ2n) is 7.51. The van der Waals surface area contributed by atoms with Crippen molar-refractivity contribution in [1.29, 1.82) is 0 Å². The van der Waals surface area contributed by atoms with Gasteiger partial charge in [-0.05, 0) is 49.7 Å². The average molecular weight is 439 g/mol. The second-order valence-corrected chi connectivity index (χ2v) is 7.51. The second kappa shape index (κ2) is 9.71. The Bertz CT molecular complexity index is 949. The number of halogens is 4. The summed E-state index contributed by atoms with van der Waals surface area (Å²) in [7, 11) is 0. The van der Waals surface area contributed by atoms with Crippen LogP contribution in [-0.2, 0) is 12.7 Å². The van der Waals surface area contributed by atoms with Crippen molar-refractivity contribution in [1.82, 2.24) is 14.5 Å². The molecule has 0 atom stereocenters. The number of alkyl halides is 3. The van der Waals surface area contributed by atoms with E-state index in [-0.39, 0.29) is 12.4 Å². The molecule has 1 aliphatic heterocycles. The summed E-state index contributed by atoms with van der Waals surface area (Å²) in [6.07, 6.45) is -0.221. The number of rotatable bonds is 6. The molecule has 1 saturated heterocycles. The summed E-state index contributed by atoms with van der Waals surface area (Å²) >= 11 is 0. The van der Waals surface area contributed by atoms with Gasteiger partial charge in [0.1, 0.15) is 0 Å². The van der Waals surface area contributed by atoms with Gasteiger partial charge in [-0.2, -0.15) is 13.2 Å². The van der Waals surface area contributed by atoms with E-state index in [4.69, 9.17) is 0 Å². The van der Waals surface area contributed by atoms with Gasteiger partial charge in [-0.1, -0.05) is 18.2 Å². The summed E-state index contributed by atoms with van der Waals surface area (Å²) in [5, 5.41) is 0. The Labute approximate surface area is 180 Å². The van der Waals surface area contributed by atoms with E-state index < -0.39 is 11.7 Å². The summed E-state index contributed by atoms with van der Waals surface area (Å²) in [4.78, 5) is 8.87. The normalized spacial score (nSPS) is 15.4. The van der Waals surface area contributed by atoms with Gasteiger partial charge in [0, 0.05) is 38.4 Å². The number of nitrogens with zero attached hydrogens (tertiary/aromatic N) is 4. The van der Waals surface area contributed by atoms with Crippen molar-refractivity contribution in [2.24, 2.45) is 0 Å². The minimum Gasteiger partial charge on any atom is -0.369 e. The van der Waals surface area contributed by atoms with Gasteiger partial charge >= 0.3 is 6.18 Å². The molecule has 0 aliphatic carbocycles. The molecule has 8 heteroatoms. The maximum absolute atomic E-state index is 12.9. The van der Waals surface area contributed by atoms with Crippen molar-refractivity contribution in [2.75, 3.05) is 37.6 Å². The molecular formula is C22H26ClF3N4. The Hall–Kier alpha value is -2.25. The molecule has 162 valence electrons. The number of hydrogen-bond donors (Lipinski definition) is 0. The third-order valence-electron chi connectivity index (χ3n) is 5.56. The number of unbranched alkanes of at least 4 members (excludes halogenated alkanes) is 1. The smallest absolute Gasteiger partial charge is 0.369 e. The topological polar surface area (TPSA) is 24.3 Å². The van der Waals surface area contributed by atoms with Crippen LogP contribution in [0.3, 0.4) is 0 Å². The maximum Gasteiger partial charge on any atom is 0.416 e. The molecule has 0 saturated carbocycles. The van der Waals surface area contributed by atoms with E-state index in [2.05, 4.69) is 20.5 Å². The fraction of sp³-hybridized carbons (Fsp3) is 0.409. The number of fused-ring (bicyclic) bond motifs is 1. The van der Waals surface area contributed by atoms with Crippen LogP contribution in [0.25, 0.3) is 11.0 Å². The summed E-state index contributed by atoms with van der Waals surface area (Å²) < 4.78 is 41.0. The fourth-order valence-corrected chi connectivity index (χ4v) is 3.91. The van der Waals surface area contributed by atoms with Gasteiger partial charge in [0.25, 0.3) is 0 Å². The zero-order chi connectivity index (χ0) is 20.3. The Morgan fingerprint density at radius 2 is 1.60 bits per heavy atom. The van der Waals surface area contributed by atoms with Crippen LogP contribution in [-0.4, -0.2) is 47.2 Å². The van der Waals surface area contributed by atoms with Crippen LogP contribution < -0.4 is 4.90 Å². The van der Waals surface area contributed by atoms with Gasteiger partial charge < -0.3 is 9.47 Å². The first kappa shape index (κ1) is 22.4. The van der Waals surface area contributed by atoms with Gasteiger partial charge in [-0.25, -0.2) is 4.98 Å². The highest BCUT2D eigenvalue weighted by atomic mass is 35.5. The number of benzene rings is 2. The van der Waals surface area contributed by atoms with Gasteiger partial charge in [0.05, 0.1) is 22.9 Å². The standard InChI is InChI=1S/C22H25F3N4.ClH/c23-22(24,25)18-6-5-7-19(16-18)28-14-12-27(13-15-28)10-3-4-11-29-17-26-20-8-1-2-9-21(20)29;/h1-2,5-9,16-17H,3-4,10-15H2;1H. The molecule has 4 nitrogen and oxygen atoms in total. The van der Waals surface area contributed by atoms with Crippen LogP contribution >= 0.6 is 12.4 Å². The lowest BCUT2D eigenvalue weighted by Gasteiger charge is -2.36. The van der Waals surface area contributed by atoms with Gasteiger partial charge in [0.2, 0.25) is 0 Å². The lowest BCUT2D eigenvalue weighted by atomic mass is 10.1. The molecule has 0 N–H and O–H groups in total. The van der Waals surface area contributed by atoms with Crippen molar-refractivity contribution >= 4 is 29.1 Å². The molecule has 0 radical (unpaired) electrons. The van der Waals surface area contributed by atoms with Crippen molar-refractivity contribution in [3.05, 3.63) is 60.4 Å². The van der Waals surface area contributed by atoms with E-state index in [0.29, 0.717) is 5.69 Å². The van der Waals surface area contributed by atoms with Crippen LogP contribution in [0.2, 0.25) is 0 Å². The quantitative estimate of drug-likeness (QED) is 0.502. The minimum atomic E-state index is -4.29. The Kier molecular flexibility index (Phi) is 7.26. The third-order valence-corrected chi connectivity index (χ3v) is 5.56. The molecule has 0 spiro atoms. The summed E-state index contributed by atoms with van der Waals surface area (Å²) in [5.74, 6) is 0. The number of imidazole rings is 1. The van der Waals surface area contributed by atoms with Crippen molar-refractivity contribution in [3.8, 4) is 0 Å². The maximum atomic E-state index is 12.9. The highest BCUT2D eigenvalue weighted by molar-refractivity contribution is 5.85. The molecule has 4 rings (SSSR count). The lowest BCUT2D eigenvalue weighted by Crippen LogP contribution is -2.46. The number of piperazine rings is 1. The van der Waals surface area contributed by atoms with Crippen LogP contribution in [0, 0.1) is 0 Å². The van der Waals surface area contributed by atoms with E-state index in [1.165, 1.54) is 17.6 Å². The minimum absolute atomic E-state index is 0. The first-order chi connectivity index (χ1) is 14.0. The van der Waals surface area contributed by atoms with Crippen LogP contribution in [0.1, 0.15) is 18.4 Å². The molecule has 2 heterocycles. The van der Waals surface area contributed by atoms with E-state index in [9.17, 15) is 13.2 Å². The SMILES string of the molecule is Cl.FC(F)(F)c1cccc(N2CCN(CCCCn3cnc4ccccc43)CC2)c1. The van der Waals surface area contributed by atoms with E-state index in [1.54, 1.807) is 6.07 Å². The summed E-state index contributed by atoms with van der Waals surface area (Å²) in [5.41, 5.74) is 2.27. The summed E-state index contributed by atoms with van der Waals surface area (Å²) in [6.45, 7) is 5.24.